The molecule has 0 spiro atoms. The number of carbonyl (C=O) groups is 1. The molecule has 1 amide bonds. The van der Waals surface area contributed by atoms with Gasteiger partial charge in [0.15, 0.2) is 0 Å². The lowest BCUT2D eigenvalue weighted by Crippen LogP contribution is -2.38. The lowest BCUT2D eigenvalue weighted by Gasteiger charge is -2.19. The van der Waals surface area contributed by atoms with Gasteiger partial charge in [-0.1, -0.05) is 60.3 Å². The maximum Gasteiger partial charge on any atom is 0.235 e. The predicted octanol–water partition coefficient (Wildman–Crippen LogP) is 4.91. The first-order chi connectivity index (χ1) is 14.2. The smallest absolute Gasteiger partial charge is 0.235 e. The van der Waals surface area contributed by atoms with Crippen molar-refractivity contribution in [1.29, 1.82) is 0 Å². The highest BCUT2D eigenvalue weighted by Crippen LogP contribution is 2.34. The lowest BCUT2D eigenvalue weighted by molar-refractivity contribution is -0.117. The third kappa shape index (κ3) is 4.60. The predicted molar refractivity (Wildman–Crippen MR) is 119 cm³/mol. The van der Waals surface area contributed by atoms with E-state index in [2.05, 4.69) is 10.3 Å². The standard InChI is InChI=1S/C23H20N4OS/c1-16-22(17-9-3-2-4-10-17)23(26-19-12-6-5-11-18(19)25-16)27-20(28)15-29-21-13-7-8-14-24-21/h2-14,22H,15H2,1H3,(H,26,27,28)/t22-/m1/s1. The molecular weight excluding hydrogens is 380 g/mol. The van der Waals surface area contributed by atoms with E-state index in [1.807, 2.05) is 79.7 Å². The highest BCUT2D eigenvalue weighted by molar-refractivity contribution is 7.99. The Hall–Kier alpha value is -3.25. The molecule has 0 saturated heterocycles. The number of carbonyl (C=O) groups excluding carboxylic acids is 1. The fraction of sp³-hybridized carbons (Fsp3) is 0.130. The normalized spacial score (nSPS) is 15.6. The molecule has 0 fully saturated rings. The van der Waals surface area contributed by atoms with E-state index >= 15 is 0 Å². The average molecular weight is 401 g/mol. The molecule has 3 aromatic rings. The number of amidine groups is 1. The van der Waals surface area contributed by atoms with Crippen LogP contribution in [0.2, 0.25) is 0 Å². The zero-order valence-electron chi connectivity index (χ0n) is 15.9. The van der Waals surface area contributed by atoms with E-state index in [1.54, 1.807) is 6.20 Å². The zero-order chi connectivity index (χ0) is 20.1. The molecule has 0 aliphatic carbocycles. The van der Waals surface area contributed by atoms with E-state index in [1.165, 1.54) is 11.8 Å². The molecule has 1 aliphatic rings. The van der Waals surface area contributed by atoms with Crippen molar-refractivity contribution >= 4 is 40.6 Å². The number of thioether (sulfide) groups is 1. The van der Waals surface area contributed by atoms with Gasteiger partial charge >= 0.3 is 0 Å². The second-order valence-corrected chi connectivity index (χ2v) is 7.58. The summed E-state index contributed by atoms with van der Waals surface area (Å²) < 4.78 is 0. The van der Waals surface area contributed by atoms with E-state index in [4.69, 9.17) is 9.98 Å². The Morgan fingerprint density at radius 2 is 1.62 bits per heavy atom. The first-order valence-corrected chi connectivity index (χ1v) is 10.3. The number of hydrogen-bond donors (Lipinski definition) is 1. The van der Waals surface area contributed by atoms with E-state index < -0.39 is 0 Å². The molecule has 6 heteroatoms. The van der Waals surface area contributed by atoms with Crippen LogP contribution in [0.4, 0.5) is 11.4 Å². The van der Waals surface area contributed by atoms with Gasteiger partial charge < -0.3 is 5.32 Å². The summed E-state index contributed by atoms with van der Waals surface area (Å²) in [6.45, 7) is 1.98. The number of rotatable bonds is 4. The van der Waals surface area contributed by atoms with Gasteiger partial charge in [0.2, 0.25) is 5.91 Å². The van der Waals surface area contributed by atoms with E-state index in [-0.39, 0.29) is 17.6 Å². The topological polar surface area (TPSA) is 66.7 Å². The van der Waals surface area contributed by atoms with Gasteiger partial charge in [-0.3, -0.25) is 9.79 Å². The molecule has 2 heterocycles. The van der Waals surface area contributed by atoms with Gasteiger partial charge in [-0.25, -0.2) is 9.98 Å². The molecule has 1 aromatic heterocycles. The van der Waals surface area contributed by atoms with Crippen LogP contribution < -0.4 is 5.32 Å². The molecule has 144 valence electrons. The summed E-state index contributed by atoms with van der Waals surface area (Å²) in [6, 6.07) is 23.4. The molecule has 2 aromatic carbocycles. The number of benzene rings is 2. The molecule has 4 rings (SSSR count). The molecule has 29 heavy (non-hydrogen) atoms. The third-order valence-electron chi connectivity index (χ3n) is 4.50. The molecule has 1 N–H and O–H groups in total. The summed E-state index contributed by atoms with van der Waals surface area (Å²) in [4.78, 5) is 26.5. The minimum absolute atomic E-state index is 0.118. The molecule has 1 aliphatic heterocycles. The van der Waals surface area contributed by atoms with Crippen LogP contribution in [0.5, 0.6) is 0 Å². The Morgan fingerprint density at radius 1 is 0.931 bits per heavy atom. The molecule has 5 nitrogen and oxygen atoms in total. The fourth-order valence-electron chi connectivity index (χ4n) is 3.20. The molecule has 0 saturated carbocycles. The highest BCUT2D eigenvalue weighted by Gasteiger charge is 2.26. The minimum Gasteiger partial charge on any atom is -0.313 e. The molecule has 0 bridgehead atoms. The van der Waals surface area contributed by atoms with Crippen molar-refractivity contribution in [3.05, 3.63) is 84.6 Å². The summed E-state index contributed by atoms with van der Waals surface area (Å²) in [5.41, 5.74) is 3.48. The SMILES string of the molecule is CC1=Nc2ccccc2N=C(NC(=O)CSc2ccccn2)[C@H]1c1ccccc1. The Labute approximate surface area is 174 Å². The van der Waals surface area contributed by atoms with Gasteiger partial charge in [0, 0.05) is 11.9 Å². The van der Waals surface area contributed by atoms with Crippen molar-refractivity contribution in [3.8, 4) is 0 Å². The van der Waals surface area contributed by atoms with Crippen LogP contribution >= 0.6 is 11.8 Å². The number of nitrogens with one attached hydrogen (secondary N) is 1. The summed E-state index contributed by atoms with van der Waals surface area (Å²) >= 11 is 1.40. The maximum absolute atomic E-state index is 12.7. The summed E-state index contributed by atoms with van der Waals surface area (Å²) in [7, 11) is 0. The molecule has 1 atom stereocenters. The first kappa shape index (κ1) is 19.1. The summed E-state index contributed by atoms with van der Waals surface area (Å²) in [6.07, 6.45) is 1.72. The zero-order valence-corrected chi connectivity index (χ0v) is 16.8. The Kier molecular flexibility index (Phi) is 5.81. The second-order valence-electron chi connectivity index (χ2n) is 6.59. The summed E-state index contributed by atoms with van der Waals surface area (Å²) in [5.74, 6) is 0.518. The minimum atomic E-state index is -0.215. The van der Waals surface area contributed by atoms with Crippen molar-refractivity contribution in [1.82, 2.24) is 10.3 Å². The number of pyridine rings is 1. The summed E-state index contributed by atoms with van der Waals surface area (Å²) in [5, 5.41) is 3.84. The van der Waals surface area contributed by atoms with Crippen molar-refractivity contribution in [2.45, 2.75) is 17.9 Å². The fourth-order valence-corrected chi connectivity index (χ4v) is 3.86. The number of aliphatic imine (C=N–C) groups is 2. The highest BCUT2D eigenvalue weighted by atomic mass is 32.2. The Balaban J connectivity index is 1.63. The van der Waals surface area contributed by atoms with Crippen LogP contribution in [0.25, 0.3) is 0 Å². The number of hydrogen-bond acceptors (Lipinski definition) is 5. The Bertz CT molecular complexity index is 1060. The number of para-hydroxylation sites is 2. The maximum atomic E-state index is 12.7. The van der Waals surface area contributed by atoms with Crippen molar-refractivity contribution in [2.75, 3.05) is 5.75 Å². The van der Waals surface area contributed by atoms with Crippen molar-refractivity contribution in [3.63, 3.8) is 0 Å². The molecular formula is C23H20N4OS. The van der Waals surface area contributed by atoms with Crippen molar-refractivity contribution < 1.29 is 4.79 Å². The van der Waals surface area contributed by atoms with Crippen molar-refractivity contribution in [2.24, 2.45) is 9.98 Å². The van der Waals surface area contributed by atoms with Gasteiger partial charge in [0.1, 0.15) is 5.84 Å². The van der Waals surface area contributed by atoms with E-state index in [0.29, 0.717) is 5.84 Å². The Morgan fingerprint density at radius 3 is 2.34 bits per heavy atom. The van der Waals surface area contributed by atoms with Gasteiger partial charge in [-0.2, -0.15) is 0 Å². The van der Waals surface area contributed by atoms with E-state index in [9.17, 15) is 4.79 Å². The number of nitrogens with zero attached hydrogens (tertiary/aromatic N) is 3. The molecule has 0 radical (unpaired) electrons. The van der Waals surface area contributed by atoms with Crippen LogP contribution in [0, 0.1) is 0 Å². The second kappa shape index (κ2) is 8.84. The number of amides is 1. The molecule has 0 unspecified atom stereocenters. The van der Waals surface area contributed by atoms with Gasteiger partial charge in [-0.15, -0.1) is 0 Å². The van der Waals surface area contributed by atoms with E-state index in [0.717, 1.165) is 27.7 Å². The monoisotopic (exact) mass is 400 g/mol. The average Bonchev–Trinajstić information content (AvgIpc) is 2.89. The quantitative estimate of drug-likeness (QED) is 0.633. The van der Waals surface area contributed by atoms with Crippen LogP contribution in [0.15, 0.2) is 94.0 Å². The van der Waals surface area contributed by atoms with Crippen LogP contribution in [-0.4, -0.2) is 28.2 Å². The van der Waals surface area contributed by atoms with Gasteiger partial charge in [0.05, 0.1) is 28.1 Å². The number of aromatic nitrogens is 1. The number of fused-ring (bicyclic) bond motifs is 1. The third-order valence-corrected chi connectivity index (χ3v) is 5.44. The largest absolute Gasteiger partial charge is 0.313 e. The van der Waals surface area contributed by atoms with Crippen LogP contribution in [0.1, 0.15) is 18.4 Å². The first-order valence-electron chi connectivity index (χ1n) is 9.32. The van der Waals surface area contributed by atoms with Crippen LogP contribution in [0.3, 0.4) is 0 Å². The van der Waals surface area contributed by atoms with Crippen LogP contribution in [-0.2, 0) is 4.79 Å². The lowest BCUT2D eigenvalue weighted by atomic mass is 9.93. The van der Waals surface area contributed by atoms with Gasteiger partial charge in [0.25, 0.3) is 0 Å². The van der Waals surface area contributed by atoms with Gasteiger partial charge in [-0.05, 0) is 36.8 Å².